The van der Waals surface area contributed by atoms with Crippen LogP contribution in [0.4, 0.5) is 32.9 Å². The van der Waals surface area contributed by atoms with E-state index in [1.54, 1.807) is 4.90 Å². The second-order valence-corrected chi connectivity index (χ2v) is 12.7. The summed E-state index contributed by atoms with van der Waals surface area (Å²) in [6.07, 6.45) is -0.415. The Hall–Kier alpha value is -3.36. The number of rotatable bonds is 6. The van der Waals surface area contributed by atoms with Crippen LogP contribution >= 0.6 is 11.3 Å². The van der Waals surface area contributed by atoms with Gasteiger partial charge in [0.25, 0.3) is 0 Å². The normalized spacial score (nSPS) is 20.5. The number of ether oxygens (including phenoxy) is 1. The summed E-state index contributed by atoms with van der Waals surface area (Å²) in [6.45, 7) is 2.87. The lowest BCUT2D eigenvalue weighted by atomic mass is 9.95. The number of aliphatic hydroxyl groups excluding tert-OH is 1. The fraction of sp³-hybridized carbons (Fsp3) is 0.483. The third kappa shape index (κ3) is 4.74. The molecule has 4 aromatic rings. The fourth-order valence-corrected chi connectivity index (χ4v) is 7.78. The van der Waals surface area contributed by atoms with Crippen LogP contribution in [-0.2, 0) is 6.18 Å². The van der Waals surface area contributed by atoms with Crippen molar-refractivity contribution in [1.29, 1.82) is 0 Å². The van der Waals surface area contributed by atoms with Crippen molar-refractivity contribution >= 4 is 43.4 Å². The molecule has 8 nitrogen and oxygen atoms in total. The summed E-state index contributed by atoms with van der Waals surface area (Å²) in [6, 6.07) is 2.77. The minimum absolute atomic E-state index is 0.0591. The maximum atomic E-state index is 16.7. The number of fused-ring (bicyclic) bond motifs is 3. The Morgan fingerprint density at radius 2 is 1.84 bits per heavy atom. The summed E-state index contributed by atoms with van der Waals surface area (Å²) in [5, 5.41) is 9.53. The number of benzene rings is 2. The highest BCUT2D eigenvalue weighted by Gasteiger charge is 2.45. The standard InChI is InChI=1S/C29H29F5N6O2S/c30-19-4-3-16(23-24(19)43-26(35)36-23)20-18(29(32,33)34)11-17-22(21(20)31)37-27(38-25(17)39-10-5-15(12-39)13-41)42-14-28-6-1-8-40(28)9-2-7-28/h3-4,11,15,41H,1-2,5-10,12-14H2,(H2,35,36). The van der Waals surface area contributed by atoms with Gasteiger partial charge in [0.1, 0.15) is 23.8 Å². The lowest BCUT2D eigenvalue weighted by molar-refractivity contribution is -0.137. The van der Waals surface area contributed by atoms with Gasteiger partial charge in [-0.1, -0.05) is 11.3 Å². The molecule has 228 valence electrons. The van der Waals surface area contributed by atoms with E-state index in [4.69, 9.17) is 10.5 Å². The van der Waals surface area contributed by atoms with Gasteiger partial charge < -0.3 is 20.5 Å². The van der Waals surface area contributed by atoms with Crippen LogP contribution in [0.25, 0.3) is 32.2 Å². The van der Waals surface area contributed by atoms with Crippen molar-refractivity contribution in [3.05, 3.63) is 35.4 Å². The van der Waals surface area contributed by atoms with Gasteiger partial charge in [-0.2, -0.15) is 23.1 Å². The minimum Gasteiger partial charge on any atom is -0.461 e. The highest BCUT2D eigenvalue weighted by atomic mass is 32.1. The van der Waals surface area contributed by atoms with Crippen LogP contribution in [0.15, 0.2) is 18.2 Å². The molecule has 0 aliphatic carbocycles. The van der Waals surface area contributed by atoms with E-state index < -0.39 is 28.9 Å². The first-order valence-corrected chi connectivity index (χ1v) is 15.1. The molecule has 3 aliphatic rings. The second kappa shape index (κ2) is 10.4. The SMILES string of the molecule is Nc1nc2c(-c3c(C(F)(F)F)cc4c(N5CCC(CO)C5)nc(OCC56CCCN5CCC6)nc4c3F)ccc(F)c2s1. The van der Waals surface area contributed by atoms with Crippen molar-refractivity contribution in [3.8, 4) is 17.1 Å². The van der Waals surface area contributed by atoms with E-state index in [-0.39, 0.29) is 68.3 Å². The molecule has 1 atom stereocenters. The Bertz CT molecular complexity index is 1720. The first-order valence-electron chi connectivity index (χ1n) is 14.3. The highest BCUT2D eigenvalue weighted by Crippen LogP contribution is 2.46. The van der Waals surface area contributed by atoms with Crippen LogP contribution in [0.3, 0.4) is 0 Å². The van der Waals surface area contributed by atoms with Crippen molar-refractivity contribution in [3.63, 3.8) is 0 Å². The monoisotopic (exact) mass is 620 g/mol. The van der Waals surface area contributed by atoms with Crippen molar-refractivity contribution in [2.24, 2.45) is 5.92 Å². The number of nitrogen functional groups attached to an aromatic ring is 1. The minimum atomic E-state index is -4.98. The average molecular weight is 621 g/mol. The molecule has 3 fully saturated rings. The number of alkyl halides is 3. The van der Waals surface area contributed by atoms with E-state index in [9.17, 15) is 22.7 Å². The fourth-order valence-electron chi connectivity index (χ4n) is 7.01. The van der Waals surface area contributed by atoms with Gasteiger partial charge in [-0.25, -0.2) is 13.8 Å². The van der Waals surface area contributed by atoms with E-state index >= 15 is 4.39 Å². The van der Waals surface area contributed by atoms with Gasteiger partial charge in [0.05, 0.1) is 21.3 Å². The van der Waals surface area contributed by atoms with Crippen LogP contribution in [0.1, 0.15) is 37.7 Å². The molecule has 3 saturated heterocycles. The Morgan fingerprint density at radius 1 is 1.07 bits per heavy atom. The number of aromatic nitrogens is 3. The zero-order valence-corrected chi connectivity index (χ0v) is 23.9. The lowest BCUT2D eigenvalue weighted by Gasteiger charge is -2.31. The van der Waals surface area contributed by atoms with Gasteiger partial charge in [0, 0.05) is 42.1 Å². The molecule has 0 bridgehead atoms. The van der Waals surface area contributed by atoms with Gasteiger partial charge in [-0.15, -0.1) is 0 Å². The molecule has 0 radical (unpaired) electrons. The summed E-state index contributed by atoms with van der Waals surface area (Å²) < 4.78 is 81.2. The molecular formula is C29H29F5N6O2S. The number of nitrogens with two attached hydrogens (primary N) is 1. The summed E-state index contributed by atoms with van der Waals surface area (Å²) in [7, 11) is 0. The van der Waals surface area contributed by atoms with Gasteiger partial charge in [-0.3, -0.25) is 4.90 Å². The van der Waals surface area contributed by atoms with Crippen molar-refractivity contribution in [1.82, 2.24) is 19.9 Å². The average Bonchev–Trinajstić information content (AvgIpc) is 3.75. The van der Waals surface area contributed by atoms with Crippen LogP contribution in [0, 0.1) is 17.6 Å². The third-order valence-corrected chi connectivity index (χ3v) is 9.99. The van der Waals surface area contributed by atoms with E-state index in [2.05, 4.69) is 19.9 Å². The van der Waals surface area contributed by atoms with Gasteiger partial charge in [0.15, 0.2) is 10.9 Å². The largest absolute Gasteiger partial charge is 0.461 e. The maximum Gasteiger partial charge on any atom is 0.417 e. The van der Waals surface area contributed by atoms with Crippen LogP contribution in [-0.4, -0.2) is 69.9 Å². The number of halogens is 5. The third-order valence-electron chi connectivity index (χ3n) is 9.10. The quantitative estimate of drug-likeness (QED) is 0.269. The highest BCUT2D eigenvalue weighted by molar-refractivity contribution is 7.22. The van der Waals surface area contributed by atoms with Crippen LogP contribution < -0.4 is 15.4 Å². The Kier molecular flexibility index (Phi) is 6.86. The number of hydrogen-bond acceptors (Lipinski definition) is 9. The molecule has 0 amide bonds. The second-order valence-electron chi connectivity index (χ2n) is 11.7. The molecule has 5 heterocycles. The Labute approximate surface area is 247 Å². The number of anilines is 2. The van der Waals surface area contributed by atoms with E-state index in [1.807, 2.05) is 0 Å². The molecule has 14 heteroatoms. The van der Waals surface area contributed by atoms with Crippen LogP contribution in [0.5, 0.6) is 6.01 Å². The number of thiazole rings is 1. The molecule has 0 spiro atoms. The first-order chi connectivity index (χ1) is 20.6. The van der Waals surface area contributed by atoms with E-state index in [0.29, 0.717) is 19.5 Å². The topological polar surface area (TPSA) is 101 Å². The van der Waals surface area contributed by atoms with Gasteiger partial charge >= 0.3 is 12.2 Å². The van der Waals surface area contributed by atoms with E-state index in [0.717, 1.165) is 68.3 Å². The number of hydrogen-bond donors (Lipinski definition) is 2. The molecule has 0 saturated carbocycles. The molecular weight excluding hydrogens is 591 g/mol. The maximum absolute atomic E-state index is 16.7. The van der Waals surface area contributed by atoms with Gasteiger partial charge in [0.2, 0.25) is 0 Å². The predicted octanol–water partition coefficient (Wildman–Crippen LogP) is 5.61. The molecule has 2 aromatic carbocycles. The zero-order valence-electron chi connectivity index (χ0n) is 23.1. The summed E-state index contributed by atoms with van der Waals surface area (Å²) in [4.78, 5) is 17.0. The van der Waals surface area contributed by atoms with E-state index in [1.165, 1.54) is 0 Å². The summed E-state index contributed by atoms with van der Waals surface area (Å²) in [5.74, 6) is -1.95. The van der Waals surface area contributed by atoms with Crippen LogP contribution in [0.2, 0.25) is 0 Å². The number of nitrogens with zero attached hydrogens (tertiary/aromatic N) is 5. The summed E-state index contributed by atoms with van der Waals surface area (Å²) in [5.41, 5.74) is 2.80. The predicted molar refractivity (Wildman–Crippen MR) is 153 cm³/mol. The molecule has 3 N–H and O–H groups in total. The Morgan fingerprint density at radius 3 is 2.53 bits per heavy atom. The lowest BCUT2D eigenvalue weighted by Crippen LogP contribution is -2.43. The first kappa shape index (κ1) is 28.4. The van der Waals surface area contributed by atoms with Crippen molar-refractivity contribution < 1.29 is 31.8 Å². The molecule has 2 aromatic heterocycles. The zero-order chi connectivity index (χ0) is 30.1. The van der Waals surface area contributed by atoms with Crippen molar-refractivity contribution in [2.75, 3.05) is 50.0 Å². The number of aliphatic hydroxyl groups is 1. The summed E-state index contributed by atoms with van der Waals surface area (Å²) >= 11 is 0.771. The van der Waals surface area contributed by atoms with Crippen molar-refractivity contribution in [2.45, 2.75) is 43.8 Å². The van der Waals surface area contributed by atoms with Gasteiger partial charge in [-0.05, 0) is 63.4 Å². The molecule has 3 aliphatic heterocycles. The molecule has 1 unspecified atom stereocenters. The molecule has 43 heavy (non-hydrogen) atoms. The molecule has 7 rings (SSSR count). The smallest absolute Gasteiger partial charge is 0.417 e. The Balaban J connectivity index is 1.43.